The summed E-state index contributed by atoms with van der Waals surface area (Å²) in [5, 5.41) is 4.24. The summed E-state index contributed by atoms with van der Waals surface area (Å²) >= 11 is 0. The van der Waals surface area contributed by atoms with Gasteiger partial charge in [-0.2, -0.15) is 0 Å². The van der Waals surface area contributed by atoms with Gasteiger partial charge in [0.15, 0.2) is 0 Å². The fourth-order valence-corrected chi connectivity index (χ4v) is 4.48. The molecular formula is C21H27N3O2. The van der Waals surface area contributed by atoms with Gasteiger partial charge in [-0.1, -0.05) is 37.5 Å². The molecule has 0 radical (unpaired) electrons. The van der Waals surface area contributed by atoms with Crippen LogP contribution in [0.5, 0.6) is 0 Å². The van der Waals surface area contributed by atoms with Crippen molar-refractivity contribution in [2.24, 2.45) is 0 Å². The van der Waals surface area contributed by atoms with Crippen LogP contribution in [0.1, 0.15) is 42.5 Å². The predicted octanol–water partition coefficient (Wildman–Crippen LogP) is 3.00. The first kappa shape index (κ1) is 17.4. The van der Waals surface area contributed by atoms with Gasteiger partial charge in [-0.3, -0.25) is 14.7 Å². The number of fused-ring (bicyclic) bond motifs is 1. The van der Waals surface area contributed by atoms with Gasteiger partial charge in [0.1, 0.15) is 0 Å². The molecule has 1 aliphatic carbocycles. The summed E-state index contributed by atoms with van der Waals surface area (Å²) in [6.07, 6.45) is 7.83. The second-order valence-corrected chi connectivity index (χ2v) is 7.45. The molecule has 1 aromatic heterocycles. The van der Waals surface area contributed by atoms with E-state index in [0.717, 1.165) is 50.0 Å². The number of ether oxygens (including phenoxy) is 1. The van der Waals surface area contributed by atoms with Crippen LogP contribution in [0.4, 0.5) is 0 Å². The first-order valence-corrected chi connectivity index (χ1v) is 9.73. The summed E-state index contributed by atoms with van der Waals surface area (Å²) in [4.78, 5) is 19.9. The number of pyridine rings is 1. The highest BCUT2D eigenvalue weighted by molar-refractivity contribution is 6.05. The molecule has 0 bridgehead atoms. The van der Waals surface area contributed by atoms with E-state index in [1.165, 1.54) is 19.3 Å². The van der Waals surface area contributed by atoms with Crippen LogP contribution in [0.25, 0.3) is 10.9 Å². The summed E-state index contributed by atoms with van der Waals surface area (Å²) < 4.78 is 5.54. The molecule has 2 heterocycles. The van der Waals surface area contributed by atoms with Crippen LogP contribution in [0.15, 0.2) is 36.5 Å². The van der Waals surface area contributed by atoms with E-state index in [9.17, 15) is 4.79 Å². The first-order chi connectivity index (χ1) is 12.8. The highest BCUT2D eigenvalue weighted by atomic mass is 16.5. The van der Waals surface area contributed by atoms with E-state index in [1.54, 1.807) is 6.20 Å². The molecule has 1 saturated carbocycles. The van der Waals surface area contributed by atoms with Crippen LogP contribution >= 0.6 is 0 Å². The second-order valence-electron chi connectivity index (χ2n) is 7.45. The minimum atomic E-state index is -0.0208. The zero-order valence-corrected chi connectivity index (χ0v) is 15.2. The smallest absolute Gasteiger partial charge is 0.253 e. The molecule has 2 fully saturated rings. The van der Waals surface area contributed by atoms with E-state index in [2.05, 4.69) is 15.2 Å². The lowest BCUT2D eigenvalue weighted by atomic mass is 9.79. The lowest BCUT2D eigenvalue weighted by Crippen LogP contribution is -2.59. The van der Waals surface area contributed by atoms with Crippen molar-refractivity contribution in [1.29, 1.82) is 0 Å². The van der Waals surface area contributed by atoms with Crippen LogP contribution in [0.3, 0.4) is 0 Å². The van der Waals surface area contributed by atoms with Crippen molar-refractivity contribution < 1.29 is 9.53 Å². The fourth-order valence-electron chi connectivity index (χ4n) is 4.48. The number of aromatic nitrogens is 1. The summed E-state index contributed by atoms with van der Waals surface area (Å²) in [6.45, 7) is 4.22. The number of amides is 1. The molecule has 26 heavy (non-hydrogen) atoms. The molecule has 0 spiro atoms. The van der Waals surface area contributed by atoms with Crippen LogP contribution < -0.4 is 5.32 Å². The molecule has 0 atom stereocenters. The van der Waals surface area contributed by atoms with E-state index in [1.807, 2.05) is 30.3 Å². The number of para-hydroxylation sites is 1. The Kier molecular flexibility index (Phi) is 5.18. The molecular weight excluding hydrogens is 326 g/mol. The molecule has 5 nitrogen and oxygen atoms in total. The van der Waals surface area contributed by atoms with Gasteiger partial charge in [0, 0.05) is 36.8 Å². The Labute approximate surface area is 154 Å². The third-order valence-electron chi connectivity index (χ3n) is 5.92. The first-order valence-electron chi connectivity index (χ1n) is 9.73. The summed E-state index contributed by atoms with van der Waals surface area (Å²) in [5.41, 5.74) is 1.52. The Bertz CT molecular complexity index is 759. The van der Waals surface area contributed by atoms with Gasteiger partial charge in [0.25, 0.3) is 5.91 Å². The van der Waals surface area contributed by atoms with Gasteiger partial charge in [-0.15, -0.1) is 0 Å². The average molecular weight is 353 g/mol. The normalized spacial score (nSPS) is 20.8. The van der Waals surface area contributed by atoms with Crippen LogP contribution in [-0.4, -0.2) is 54.2 Å². The lowest BCUT2D eigenvalue weighted by molar-refractivity contribution is -0.0361. The van der Waals surface area contributed by atoms with E-state index in [4.69, 9.17) is 4.74 Å². The maximum atomic E-state index is 12.9. The summed E-state index contributed by atoms with van der Waals surface area (Å²) in [6, 6.07) is 9.69. The maximum Gasteiger partial charge on any atom is 0.253 e. The standard InChI is InChI=1S/C21H27N3O2/c25-20(18-8-4-6-17-7-5-11-22-19(17)18)23-16-21(9-2-1-3-10-21)24-12-14-26-15-13-24/h4-8,11H,1-3,9-10,12-16H2,(H,23,25). The largest absolute Gasteiger partial charge is 0.379 e. The number of hydrogen-bond donors (Lipinski definition) is 1. The highest BCUT2D eigenvalue weighted by Gasteiger charge is 2.38. The zero-order chi connectivity index (χ0) is 17.8. The molecule has 1 aliphatic heterocycles. The number of carbonyl (C=O) groups excluding carboxylic acids is 1. The van der Waals surface area contributed by atoms with Crippen molar-refractivity contribution in [2.45, 2.75) is 37.6 Å². The predicted molar refractivity (Wildman–Crippen MR) is 102 cm³/mol. The molecule has 2 aromatic rings. The van der Waals surface area contributed by atoms with Crippen molar-refractivity contribution in [3.8, 4) is 0 Å². The molecule has 4 rings (SSSR count). The van der Waals surface area contributed by atoms with Crippen LogP contribution in [0, 0.1) is 0 Å². The van der Waals surface area contributed by atoms with E-state index < -0.39 is 0 Å². The molecule has 1 saturated heterocycles. The van der Waals surface area contributed by atoms with Crippen LogP contribution in [0.2, 0.25) is 0 Å². The molecule has 1 aromatic carbocycles. The summed E-state index contributed by atoms with van der Waals surface area (Å²) in [5.74, 6) is -0.0208. The Balaban J connectivity index is 1.52. The molecule has 1 amide bonds. The maximum absolute atomic E-state index is 12.9. The molecule has 2 aliphatic rings. The second kappa shape index (κ2) is 7.72. The minimum absolute atomic E-state index is 0.0208. The average Bonchev–Trinajstić information content (AvgIpc) is 2.73. The number of nitrogens with one attached hydrogen (secondary N) is 1. The Morgan fingerprint density at radius 3 is 2.69 bits per heavy atom. The quantitative estimate of drug-likeness (QED) is 0.918. The zero-order valence-electron chi connectivity index (χ0n) is 15.2. The monoisotopic (exact) mass is 353 g/mol. The van der Waals surface area contributed by atoms with Gasteiger partial charge in [-0.05, 0) is 25.0 Å². The number of rotatable bonds is 4. The summed E-state index contributed by atoms with van der Waals surface area (Å²) in [7, 11) is 0. The van der Waals surface area contributed by atoms with Crippen LogP contribution in [-0.2, 0) is 4.74 Å². The van der Waals surface area contributed by atoms with Gasteiger partial charge in [0.2, 0.25) is 0 Å². The van der Waals surface area contributed by atoms with Crippen molar-refractivity contribution in [1.82, 2.24) is 15.2 Å². The van der Waals surface area contributed by atoms with E-state index in [-0.39, 0.29) is 11.4 Å². The highest BCUT2D eigenvalue weighted by Crippen LogP contribution is 2.34. The van der Waals surface area contributed by atoms with Gasteiger partial charge in [0.05, 0.1) is 24.3 Å². The number of benzene rings is 1. The Hall–Kier alpha value is -1.98. The SMILES string of the molecule is O=C(NCC1(N2CCOCC2)CCCCC1)c1cccc2cccnc12. The van der Waals surface area contributed by atoms with Crippen molar-refractivity contribution in [2.75, 3.05) is 32.8 Å². The molecule has 0 unspecified atom stereocenters. The van der Waals surface area contributed by atoms with Gasteiger partial charge >= 0.3 is 0 Å². The van der Waals surface area contributed by atoms with Gasteiger partial charge in [-0.25, -0.2) is 0 Å². The molecule has 1 N–H and O–H groups in total. The minimum Gasteiger partial charge on any atom is -0.379 e. The van der Waals surface area contributed by atoms with Crippen molar-refractivity contribution in [3.63, 3.8) is 0 Å². The Morgan fingerprint density at radius 1 is 1.12 bits per heavy atom. The number of nitrogens with zero attached hydrogens (tertiary/aromatic N) is 2. The number of morpholine rings is 1. The molecule has 138 valence electrons. The lowest BCUT2D eigenvalue weighted by Gasteiger charge is -2.48. The third kappa shape index (κ3) is 3.46. The van der Waals surface area contributed by atoms with E-state index in [0.29, 0.717) is 12.1 Å². The van der Waals surface area contributed by atoms with Crippen molar-refractivity contribution >= 4 is 16.8 Å². The number of hydrogen-bond acceptors (Lipinski definition) is 4. The fraction of sp³-hybridized carbons (Fsp3) is 0.524. The Morgan fingerprint density at radius 2 is 1.88 bits per heavy atom. The topological polar surface area (TPSA) is 54.5 Å². The van der Waals surface area contributed by atoms with E-state index >= 15 is 0 Å². The number of carbonyl (C=O) groups is 1. The van der Waals surface area contributed by atoms with Gasteiger partial charge < -0.3 is 10.1 Å². The van der Waals surface area contributed by atoms with Crippen molar-refractivity contribution in [3.05, 3.63) is 42.1 Å². The molecule has 5 heteroatoms. The third-order valence-corrected chi connectivity index (χ3v) is 5.92.